The fraction of sp³-hybridized carbons (Fsp3) is 0.417. The zero-order valence-corrected chi connectivity index (χ0v) is 9.61. The molecule has 0 aromatic heterocycles. The van der Waals surface area contributed by atoms with E-state index in [-0.39, 0.29) is 12.0 Å². The smallest absolute Gasteiger partial charge is 0.251 e. The molecule has 1 aliphatic heterocycles. The molecular formula is C12H17N3O2. The van der Waals surface area contributed by atoms with Crippen molar-refractivity contribution in [3.8, 4) is 0 Å². The standard InChI is InChI=1S/C12H17N3O2/c13-9-4-8(5-10(14)6-9)12(16)15-7-11-2-1-3-17-11/h4-6,11H,1-3,7,13-14H2,(H,15,16). The molecule has 1 fully saturated rings. The van der Waals surface area contributed by atoms with Crippen molar-refractivity contribution in [1.82, 2.24) is 5.32 Å². The maximum absolute atomic E-state index is 11.8. The summed E-state index contributed by atoms with van der Waals surface area (Å²) in [6.45, 7) is 1.32. The fourth-order valence-electron chi connectivity index (χ4n) is 1.92. The molecule has 5 N–H and O–H groups in total. The summed E-state index contributed by atoms with van der Waals surface area (Å²) in [6, 6.07) is 4.85. The van der Waals surface area contributed by atoms with Crippen molar-refractivity contribution in [3.63, 3.8) is 0 Å². The van der Waals surface area contributed by atoms with E-state index in [1.807, 2.05) is 0 Å². The minimum absolute atomic E-state index is 0.136. The quantitative estimate of drug-likeness (QED) is 0.675. The Bertz CT molecular complexity index is 394. The number of nitrogen functional groups attached to an aromatic ring is 2. The highest BCUT2D eigenvalue weighted by Crippen LogP contribution is 2.14. The number of nitrogens with two attached hydrogens (primary N) is 2. The Hall–Kier alpha value is -1.75. The molecule has 2 rings (SSSR count). The highest BCUT2D eigenvalue weighted by Gasteiger charge is 2.16. The van der Waals surface area contributed by atoms with E-state index in [0.29, 0.717) is 23.5 Å². The van der Waals surface area contributed by atoms with Crippen LogP contribution >= 0.6 is 0 Å². The molecule has 1 saturated heterocycles. The summed E-state index contributed by atoms with van der Waals surface area (Å²) in [5.74, 6) is -0.167. The Morgan fingerprint density at radius 2 is 2.06 bits per heavy atom. The van der Waals surface area contributed by atoms with Gasteiger partial charge in [0.15, 0.2) is 0 Å². The molecule has 1 unspecified atom stereocenters. The highest BCUT2D eigenvalue weighted by molar-refractivity contribution is 5.96. The third-order valence-electron chi connectivity index (χ3n) is 2.75. The maximum Gasteiger partial charge on any atom is 0.251 e. The lowest BCUT2D eigenvalue weighted by atomic mass is 10.1. The van der Waals surface area contributed by atoms with Crippen LogP contribution in [-0.4, -0.2) is 25.2 Å². The van der Waals surface area contributed by atoms with Crippen LogP contribution in [0.3, 0.4) is 0 Å². The van der Waals surface area contributed by atoms with E-state index in [4.69, 9.17) is 16.2 Å². The first-order chi connectivity index (χ1) is 8.15. The predicted octanol–water partition coefficient (Wildman–Crippen LogP) is 0.760. The lowest BCUT2D eigenvalue weighted by molar-refractivity contribution is 0.0858. The highest BCUT2D eigenvalue weighted by atomic mass is 16.5. The lowest BCUT2D eigenvalue weighted by Gasteiger charge is -2.11. The van der Waals surface area contributed by atoms with Crippen molar-refractivity contribution >= 4 is 17.3 Å². The van der Waals surface area contributed by atoms with Gasteiger partial charge in [-0.1, -0.05) is 0 Å². The van der Waals surface area contributed by atoms with Crippen LogP contribution in [0, 0.1) is 0 Å². The largest absolute Gasteiger partial charge is 0.399 e. The number of ether oxygens (including phenoxy) is 1. The van der Waals surface area contributed by atoms with Gasteiger partial charge in [-0.3, -0.25) is 4.79 Å². The second-order valence-electron chi connectivity index (χ2n) is 4.23. The van der Waals surface area contributed by atoms with Gasteiger partial charge in [-0.05, 0) is 31.0 Å². The van der Waals surface area contributed by atoms with Gasteiger partial charge in [0.1, 0.15) is 0 Å². The van der Waals surface area contributed by atoms with E-state index >= 15 is 0 Å². The van der Waals surface area contributed by atoms with Crippen LogP contribution < -0.4 is 16.8 Å². The van der Waals surface area contributed by atoms with E-state index in [1.54, 1.807) is 18.2 Å². The number of nitrogens with one attached hydrogen (secondary N) is 1. The molecule has 1 aromatic rings. The molecule has 0 spiro atoms. The molecule has 1 aliphatic rings. The summed E-state index contributed by atoms with van der Waals surface area (Å²) >= 11 is 0. The van der Waals surface area contributed by atoms with Gasteiger partial charge in [0.2, 0.25) is 0 Å². The third-order valence-corrected chi connectivity index (χ3v) is 2.75. The van der Waals surface area contributed by atoms with Gasteiger partial charge in [-0.2, -0.15) is 0 Å². The maximum atomic E-state index is 11.8. The van der Waals surface area contributed by atoms with Crippen molar-refractivity contribution in [2.24, 2.45) is 0 Å². The number of anilines is 2. The summed E-state index contributed by atoms with van der Waals surface area (Å²) in [6.07, 6.45) is 2.20. The zero-order chi connectivity index (χ0) is 12.3. The van der Waals surface area contributed by atoms with Crippen molar-refractivity contribution in [2.75, 3.05) is 24.6 Å². The second-order valence-corrected chi connectivity index (χ2v) is 4.23. The first kappa shape index (κ1) is 11.7. The van der Waals surface area contributed by atoms with Crippen LogP contribution in [0.25, 0.3) is 0 Å². The monoisotopic (exact) mass is 235 g/mol. The first-order valence-electron chi connectivity index (χ1n) is 5.71. The first-order valence-corrected chi connectivity index (χ1v) is 5.71. The Morgan fingerprint density at radius 3 is 2.65 bits per heavy atom. The Morgan fingerprint density at radius 1 is 1.35 bits per heavy atom. The van der Waals surface area contributed by atoms with Gasteiger partial charge < -0.3 is 21.5 Å². The molecule has 0 bridgehead atoms. The number of carbonyl (C=O) groups is 1. The minimum atomic E-state index is -0.167. The fourth-order valence-corrected chi connectivity index (χ4v) is 1.92. The Labute approximate surface area is 100 Å². The number of hydrogen-bond donors (Lipinski definition) is 3. The number of benzene rings is 1. The predicted molar refractivity (Wildman–Crippen MR) is 66.6 cm³/mol. The third kappa shape index (κ3) is 3.10. The van der Waals surface area contributed by atoms with E-state index in [2.05, 4.69) is 5.32 Å². The average Bonchev–Trinajstić information content (AvgIpc) is 2.77. The van der Waals surface area contributed by atoms with E-state index in [0.717, 1.165) is 19.4 Å². The van der Waals surface area contributed by atoms with Gasteiger partial charge in [-0.15, -0.1) is 0 Å². The Balaban J connectivity index is 1.94. The summed E-state index contributed by atoms with van der Waals surface area (Å²) in [5, 5.41) is 2.82. The van der Waals surface area contributed by atoms with Gasteiger partial charge >= 0.3 is 0 Å². The van der Waals surface area contributed by atoms with E-state index < -0.39 is 0 Å². The molecule has 1 amide bonds. The average molecular weight is 235 g/mol. The summed E-state index contributed by atoms with van der Waals surface area (Å²) in [7, 11) is 0. The van der Waals surface area contributed by atoms with Crippen LogP contribution in [0.4, 0.5) is 11.4 Å². The van der Waals surface area contributed by atoms with Gasteiger partial charge in [0.25, 0.3) is 5.91 Å². The van der Waals surface area contributed by atoms with Crippen LogP contribution in [0.15, 0.2) is 18.2 Å². The van der Waals surface area contributed by atoms with Crippen molar-refractivity contribution in [1.29, 1.82) is 0 Å². The van der Waals surface area contributed by atoms with Crippen LogP contribution in [0.2, 0.25) is 0 Å². The number of rotatable bonds is 3. The van der Waals surface area contributed by atoms with Crippen LogP contribution in [0.5, 0.6) is 0 Å². The normalized spacial score (nSPS) is 19.2. The topological polar surface area (TPSA) is 90.4 Å². The number of amides is 1. The van der Waals surface area contributed by atoms with Crippen LogP contribution in [-0.2, 0) is 4.74 Å². The minimum Gasteiger partial charge on any atom is -0.399 e. The zero-order valence-electron chi connectivity index (χ0n) is 9.61. The molecule has 1 heterocycles. The summed E-state index contributed by atoms with van der Waals surface area (Å²) in [5.41, 5.74) is 12.7. The van der Waals surface area contributed by atoms with Crippen LogP contribution in [0.1, 0.15) is 23.2 Å². The van der Waals surface area contributed by atoms with Crippen molar-refractivity contribution < 1.29 is 9.53 Å². The molecule has 92 valence electrons. The van der Waals surface area contributed by atoms with E-state index in [9.17, 15) is 4.79 Å². The summed E-state index contributed by atoms with van der Waals surface area (Å²) in [4.78, 5) is 11.8. The van der Waals surface area contributed by atoms with E-state index in [1.165, 1.54) is 0 Å². The molecule has 17 heavy (non-hydrogen) atoms. The molecule has 0 radical (unpaired) electrons. The summed E-state index contributed by atoms with van der Waals surface area (Å²) < 4.78 is 5.42. The molecule has 0 aliphatic carbocycles. The molecular weight excluding hydrogens is 218 g/mol. The number of hydrogen-bond acceptors (Lipinski definition) is 4. The van der Waals surface area contributed by atoms with Crippen molar-refractivity contribution in [2.45, 2.75) is 18.9 Å². The van der Waals surface area contributed by atoms with Gasteiger partial charge in [0, 0.05) is 30.1 Å². The molecule has 1 atom stereocenters. The van der Waals surface area contributed by atoms with Gasteiger partial charge in [0.05, 0.1) is 6.10 Å². The van der Waals surface area contributed by atoms with Gasteiger partial charge in [-0.25, -0.2) is 0 Å². The molecule has 0 saturated carbocycles. The van der Waals surface area contributed by atoms with Crippen molar-refractivity contribution in [3.05, 3.63) is 23.8 Å². The molecule has 1 aromatic carbocycles. The second kappa shape index (κ2) is 5.05. The molecule has 5 heteroatoms. The Kier molecular flexibility index (Phi) is 3.49. The SMILES string of the molecule is Nc1cc(N)cc(C(=O)NCC2CCCO2)c1. The number of carbonyl (C=O) groups excluding carboxylic acids is 1. The molecule has 5 nitrogen and oxygen atoms in total. The lowest BCUT2D eigenvalue weighted by Crippen LogP contribution is -2.31.